The van der Waals surface area contributed by atoms with Crippen molar-refractivity contribution in [2.45, 2.75) is 82.6 Å². The number of carbonyl (C=O) groups is 6. The minimum Gasteiger partial charge on any atom is -0.370 e. The van der Waals surface area contributed by atoms with E-state index in [9.17, 15) is 28.8 Å². The van der Waals surface area contributed by atoms with Gasteiger partial charge in [-0.15, -0.1) is 0 Å². The molecule has 0 heterocycles. The zero-order valence-corrected chi connectivity index (χ0v) is 28.4. The normalized spacial score (nSPS) is 13.0. The molecular weight excluding hydrogens is 644 g/mol. The fourth-order valence-electron chi connectivity index (χ4n) is 4.77. The lowest BCUT2D eigenvalue weighted by molar-refractivity contribution is -0.134. The van der Waals surface area contributed by atoms with Gasteiger partial charge in [0.25, 0.3) is 5.91 Å². The number of primary amides is 1. The molecule has 13 N–H and O–H groups in total. The molecule has 0 aliphatic heterocycles. The SMILES string of the molecule is C[C@H](NC(=O)c1ccccc1)C(=O)N[C@@H](CCCN=C(N)N)C(=O)N[C@@H](CCC(N)=O)C(=O)N[C@@H](CCCCN)C(=O)NCc1ccccc1. The van der Waals surface area contributed by atoms with E-state index in [0.29, 0.717) is 24.9 Å². The standard InChI is InChI=1S/C34H50N10O6/c1-22(41-30(47)24-13-6-3-7-14-24)29(46)42-26(16-10-20-39-34(37)38)32(49)44-27(17-18-28(36)45)33(50)43-25(15-8-9-19-35)31(48)40-21-23-11-4-2-5-12-23/h2-7,11-14,22,25-27H,8-10,15-21,35H2,1H3,(H2,36,45)(H,40,48)(H,41,47)(H,42,46)(H,43,50)(H,44,49)(H4,37,38,39)/t22-,25-,26-,27-/m0/s1. The molecule has 0 bridgehead atoms. The second kappa shape index (κ2) is 22.2. The molecule has 0 aromatic heterocycles. The molecule has 16 heteroatoms. The van der Waals surface area contributed by atoms with Gasteiger partial charge in [-0.1, -0.05) is 48.5 Å². The highest BCUT2D eigenvalue weighted by atomic mass is 16.2. The number of benzene rings is 2. The first-order chi connectivity index (χ1) is 23.9. The Hall–Kier alpha value is -5.51. The zero-order chi connectivity index (χ0) is 36.9. The van der Waals surface area contributed by atoms with Gasteiger partial charge in [0.1, 0.15) is 24.2 Å². The average molecular weight is 695 g/mol. The molecule has 0 radical (unpaired) electrons. The quantitative estimate of drug-likeness (QED) is 0.0416. The second-order valence-electron chi connectivity index (χ2n) is 11.7. The maximum Gasteiger partial charge on any atom is 0.251 e. The third-order valence-corrected chi connectivity index (χ3v) is 7.56. The fourth-order valence-corrected chi connectivity index (χ4v) is 4.77. The van der Waals surface area contributed by atoms with E-state index in [1.165, 1.54) is 6.92 Å². The molecule has 0 aliphatic carbocycles. The van der Waals surface area contributed by atoms with E-state index in [4.69, 9.17) is 22.9 Å². The Morgan fingerprint density at radius 3 is 1.78 bits per heavy atom. The number of unbranched alkanes of at least 4 members (excludes halogenated alkanes) is 1. The molecule has 4 atom stereocenters. The number of nitrogens with two attached hydrogens (primary N) is 4. The monoisotopic (exact) mass is 694 g/mol. The number of rotatable bonds is 22. The van der Waals surface area contributed by atoms with E-state index in [-0.39, 0.29) is 51.2 Å². The Morgan fingerprint density at radius 2 is 1.20 bits per heavy atom. The smallest absolute Gasteiger partial charge is 0.251 e. The van der Waals surface area contributed by atoms with Crippen LogP contribution in [0.3, 0.4) is 0 Å². The minimum absolute atomic E-state index is 0.0570. The topological polar surface area (TPSA) is 279 Å². The Kier molecular flexibility index (Phi) is 18.0. The van der Waals surface area contributed by atoms with Gasteiger partial charge in [0.05, 0.1) is 0 Å². The molecule has 2 aromatic rings. The van der Waals surface area contributed by atoms with Crippen LogP contribution in [0.2, 0.25) is 0 Å². The minimum atomic E-state index is -1.29. The highest BCUT2D eigenvalue weighted by Crippen LogP contribution is 2.08. The molecule has 6 amide bonds. The number of guanidine groups is 1. The molecule has 2 rings (SSSR count). The van der Waals surface area contributed by atoms with Crippen molar-refractivity contribution in [2.24, 2.45) is 27.9 Å². The Balaban J connectivity index is 2.21. The van der Waals surface area contributed by atoms with Crippen molar-refractivity contribution in [3.05, 3.63) is 71.8 Å². The summed E-state index contributed by atoms with van der Waals surface area (Å²) in [4.78, 5) is 81.8. The van der Waals surface area contributed by atoms with Crippen molar-refractivity contribution < 1.29 is 28.8 Å². The fraction of sp³-hybridized carbons (Fsp3) is 0.441. The van der Waals surface area contributed by atoms with Crippen molar-refractivity contribution >= 4 is 41.4 Å². The molecule has 0 aliphatic rings. The van der Waals surface area contributed by atoms with Gasteiger partial charge in [-0.25, -0.2) is 0 Å². The van der Waals surface area contributed by atoms with E-state index >= 15 is 0 Å². The van der Waals surface area contributed by atoms with Gasteiger partial charge in [0.15, 0.2) is 5.96 Å². The average Bonchev–Trinajstić information content (AvgIpc) is 3.10. The Labute approximate surface area is 291 Å². The first kappa shape index (κ1) is 40.7. The summed E-state index contributed by atoms with van der Waals surface area (Å²) in [5, 5.41) is 13.3. The van der Waals surface area contributed by atoms with Gasteiger partial charge < -0.3 is 49.5 Å². The molecule has 16 nitrogen and oxygen atoms in total. The number of amides is 6. The highest BCUT2D eigenvalue weighted by Gasteiger charge is 2.30. The molecule has 0 saturated heterocycles. The molecule has 272 valence electrons. The molecule has 0 fully saturated rings. The summed E-state index contributed by atoms with van der Waals surface area (Å²) in [6.45, 7) is 2.24. The first-order valence-electron chi connectivity index (χ1n) is 16.5. The Morgan fingerprint density at radius 1 is 0.660 bits per heavy atom. The number of carbonyl (C=O) groups excluding carboxylic acids is 6. The largest absolute Gasteiger partial charge is 0.370 e. The molecule has 0 unspecified atom stereocenters. The summed E-state index contributed by atoms with van der Waals surface area (Å²) in [6, 6.07) is 13.0. The van der Waals surface area contributed by atoms with Crippen LogP contribution in [0.15, 0.2) is 65.7 Å². The lowest BCUT2D eigenvalue weighted by atomic mass is 10.0. The number of nitrogens with one attached hydrogen (secondary N) is 5. The van der Waals surface area contributed by atoms with Crippen LogP contribution in [-0.4, -0.2) is 78.7 Å². The Bertz CT molecular complexity index is 1440. The van der Waals surface area contributed by atoms with Crippen LogP contribution in [0, 0.1) is 0 Å². The summed E-state index contributed by atoms with van der Waals surface area (Å²) in [5.74, 6) is -3.91. The van der Waals surface area contributed by atoms with E-state index < -0.39 is 59.6 Å². The van der Waals surface area contributed by atoms with Crippen LogP contribution in [0.25, 0.3) is 0 Å². The van der Waals surface area contributed by atoms with Crippen molar-refractivity contribution in [1.82, 2.24) is 26.6 Å². The van der Waals surface area contributed by atoms with Crippen molar-refractivity contribution in [3.8, 4) is 0 Å². The van der Waals surface area contributed by atoms with Crippen molar-refractivity contribution in [3.63, 3.8) is 0 Å². The second-order valence-corrected chi connectivity index (χ2v) is 11.7. The van der Waals surface area contributed by atoms with Gasteiger partial charge in [-0.05, 0) is 69.7 Å². The van der Waals surface area contributed by atoms with Crippen molar-refractivity contribution in [2.75, 3.05) is 13.1 Å². The van der Waals surface area contributed by atoms with Crippen LogP contribution < -0.4 is 49.5 Å². The number of hydrogen-bond donors (Lipinski definition) is 9. The van der Waals surface area contributed by atoms with E-state index in [2.05, 4.69) is 31.6 Å². The van der Waals surface area contributed by atoms with Gasteiger partial charge in [-0.3, -0.25) is 33.8 Å². The summed E-state index contributed by atoms with van der Waals surface area (Å²) in [7, 11) is 0. The third-order valence-electron chi connectivity index (χ3n) is 7.56. The first-order valence-corrected chi connectivity index (χ1v) is 16.5. The highest BCUT2D eigenvalue weighted by molar-refractivity contribution is 5.99. The maximum absolute atomic E-state index is 13.6. The van der Waals surface area contributed by atoms with Crippen molar-refractivity contribution in [1.29, 1.82) is 0 Å². The molecular formula is C34H50N10O6. The number of aliphatic imine (C=N–C) groups is 1. The van der Waals surface area contributed by atoms with Gasteiger partial charge in [-0.2, -0.15) is 0 Å². The van der Waals surface area contributed by atoms with Crippen LogP contribution in [-0.2, 0) is 30.5 Å². The summed E-state index contributed by atoms with van der Waals surface area (Å²) in [6.07, 6.45) is 1.33. The number of nitrogens with zero attached hydrogens (tertiary/aromatic N) is 1. The molecule has 2 aromatic carbocycles. The van der Waals surface area contributed by atoms with Gasteiger partial charge in [0, 0.05) is 25.1 Å². The molecule has 0 saturated carbocycles. The van der Waals surface area contributed by atoms with Gasteiger partial charge in [0.2, 0.25) is 29.5 Å². The van der Waals surface area contributed by atoms with Crippen LogP contribution in [0.4, 0.5) is 0 Å². The van der Waals surface area contributed by atoms with E-state index in [1.54, 1.807) is 30.3 Å². The lowest BCUT2D eigenvalue weighted by Crippen LogP contribution is -2.58. The molecule has 50 heavy (non-hydrogen) atoms. The summed E-state index contributed by atoms with van der Waals surface area (Å²) < 4.78 is 0. The lowest BCUT2D eigenvalue weighted by Gasteiger charge is -2.26. The third kappa shape index (κ3) is 15.6. The summed E-state index contributed by atoms with van der Waals surface area (Å²) >= 11 is 0. The van der Waals surface area contributed by atoms with Crippen LogP contribution >= 0.6 is 0 Å². The number of hydrogen-bond acceptors (Lipinski definition) is 8. The predicted molar refractivity (Wildman–Crippen MR) is 189 cm³/mol. The van der Waals surface area contributed by atoms with Gasteiger partial charge >= 0.3 is 0 Å². The molecule has 0 spiro atoms. The van der Waals surface area contributed by atoms with E-state index in [1.807, 2.05) is 30.3 Å². The van der Waals surface area contributed by atoms with E-state index in [0.717, 1.165) is 5.56 Å². The predicted octanol–water partition coefficient (Wildman–Crippen LogP) is -0.976. The summed E-state index contributed by atoms with van der Waals surface area (Å²) in [5.41, 5.74) is 23.0. The zero-order valence-electron chi connectivity index (χ0n) is 28.4. The van der Waals surface area contributed by atoms with Crippen LogP contribution in [0.5, 0.6) is 0 Å². The van der Waals surface area contributed by atoms with Crippen LogP contribution in [0.1, 0.15) is 67.8 Å². The maximum atomic E-state index is 13.6.